The molecule has 0 unspecified atom stereocenters. The van der Waals surface area contributed by atoms with Crippen molar-refractivity contribution in [2.75, 3.05) is 0 Å². The van der Waals surface area contributed by atoms with Gasteiger partial charge in [0.15, 0.2) is 0 Å². The predicted molar refractivity (Wildman–Crippen MR) is 95.1 cm³/mol. The van der Waals surface area contributed by atoms with Gasteiger partial charge in [-0.2, -0.15) is 0 Å². The van der Waals surface area contributed by atoms with Gasteiger partial charge in [0, 0.05) is 23.0 Å². The number of nitrogens with zero attached hydrogens (tertiary/aromatic N) is 2. The molecule has 0 saturated heterocycles. The van der Waals surface area contributed by atoms with Crippen molar-refractivity contribution in [2.24, 2.45) is 0 Å². The standard InChI is InChI=1S/C19H18ClN3O/c20-15-7-5-14(6-8-15)18-17(13-9-11-21-12-10-13)19(23-22-18)24-16-3-1-2-4-16/h5-12,16H,1-4H2,(H,22,23). The Hall–Kier alpha value is -2.33. The van der Waals surface area contributed by atoms with Gasteiger partial charge in [-0.25, -0.2) is 0 Å². The Balaban J connectivity index is 1.78. The summed E-state index contributed by atoms with van der Waals surface area (Å²) in [6, 6.07) is 11.7. The number of ether oxygens (including phenoxy) is 1. The summed E-state index contributed by atoms with van der Waals surface area (Å²) in [7, 11) is 0. The van der Waals surface area contributed by atoms with E-state index in [1.165, 1.54) is 12.8 Å². The topological polar surface area (TPSA) is 50.8 Å². The van der Waals surface area contributed by atoms with Gasteiger partial charge in [0.05, 0.1) is 11.3 Å². The average molecular weight is 340 g/mol. The lowest BCUT2D eigenvalue weighted by Gasteiger charge is -2.13. The number of pyridine rings is 1. The molecule has 24 heavy (non-hydrogen) atoms. The molecular formula is C19H18ClN3O. The van der Waals surface area contributed by atoms with Gasteiger partial charge in [0.1, 0.15) is 6.10 Å². The maximum Gasteiger partial charge on any atom is 0.241 e. The summed E-state index contributed by atoms with van der Waals surface area (Å²) < 4.78 is 6.20. The minimum absolute atomic E-state index is 0.256. The lowest BCUT2D eigenvalue weighted by molar-refractivity contribution is 0.202. The van der Waals surface area contributed by atoms with Crippen LogP contribution in [-0.2, 0) is 0 Å². The SMILES string of the molecule is Clc1ccc(-c2[nH]nc(OC3CCCC3)c2-c2ccncc2)cc1. The molecule has 4 nitrogen and oxygen atoms in total. The van der Waals surface area contributed by atoms with E-state index in [0.717, 1.165) is 35.2 Å². The molecule has 1 saturated carbocycles. The zero-order valence-corrected chi connectivity index (χ0v) is 14.0. The Morgan fingerprint density at radius 3 is 2.38 bits per heavy atom. The van der Waals surface area contributed by atoms with Crippen LogP contribution in [0, 0.1) is 0 Å². The molecule has 0 atom stereocenters. The Bertz CT molecular complexity index is 808. The molecule has 1 fully saturated rings. The van der Waals surface area contributed by atoms with Crippen LogP contribution in [0.25, 0.3) is 22.4 Å². The van der Waals surface area contributed by atoms with E-state index >= 15 is 0 Å². The van der Waals surface area contributed by atoms with E-state index in [0.29, 0.717) is 10.9 Å². The number of rotatable bonds is 4. The van der Waals surface area contributed by atoms with Gasteiger partial charge in [0.2, 0.25) is 5.88 Å². The fourth-order valence-electron chi connectivity index (χ4n) is 3.19. The third-order valence-electron chi connectivity index (χ3n) is 4.42. The van der Waals surface area contributed by atoms with E-state index in [1.54, 1.807) is 12.4 Å². The molecular weight excluding hydrogens is 322 g/mol. The molecule has 2 heterocycles. The first-order chi connectivity index (χ1) is 11.8. The Morgan fingerprint density at radius 2 is 1.67 bits per heavy atom. The number of H-pyrrole nitrogens is 1. The summed E-state index contributed by atoms with van der Waals surface area (Å²) in [5.74, 6) is 0.665. The lowest BCUT2D eigenvalue weighted by Crippen LogP contribution is -2.11. The quantitative estimate of drug-likeness (QED) is 0.718. The van der Waals surface area contributed by atoms with Gasteiger partial charge in [-0.15, -0.1) is 5.10 Å². The minimum Gasteiger partial charge on any atom is -0.473 e. The van der Waals surface area contributed by atoms with Gasteiger partial charge in [-0.3, -0.25) is 10.1 Å². The van der Waals surface area contributed by atoms with E-state index in [-0.39, 0.29) is 6.10 Å². The molecule has 1 N–H and O–H groups in total. The van der Waals surface area contributed by atoms with Crippen molar-refractivity contribution in [3.05, 3.63) is 53.8 Å². The molecule has 1 aliphatic rings. The first-order valence-corrected chi connectivity index (χ1v) is 8.60. The molecule has 0 aliphatic heterocycles. The van der Waals surface area contributed by atoms with Crippen molar-refractivity contribution in [1.82, 2.24) is 15.2 Å². The number of aromatic amines is 1. The van der Waals surface area contributed by atoms with Crippen molar-refractivity contribution in [1.29, 1.82) is 0 Å². The fourth-order valence-corrected chi connectivity index (χ4v) is 3.31. The van der Waals surface area contributed by atoms with Crippen molar-refractivity contribution in [3.63, 3.8) is 0 Å². The van der Waals surface area contributed by atoms with Crippen LogP contribution in [0.15, 0.2) is 48.8 Å². The summed E-state index contributed by atoms with van der Waals surface area (Å²) in [6.45, 7) is 0. The predicted octanol–water partition coefficient (Wildman–Crippen LogP) is 5.11. The van der Waals surface area contributed by atoms with Crippen LogP contribution in [0.3, 0.4) is 0 Å². The first kappa shape index (κ1) is 15.2. The molecule has 2 aromatic heterocycles. The summed E-state index contributed by atoms with van der Waals surface area (Å²) in [6.07, 6.45) is 8.47. The van der Waals surface area contributed by atoms with Crippen molar-refractivity contribution in [3.8, 4) is 28.3 Å². The highest BCUT2D eigenvalue weighted by atomic mass is 35.5. The Morgan fingerprint density at radius 1 is 0.958 bits per heavy atom. The van der Waals surface area contributed by atoms with Gasteiger partial charge in [-0.05, 0) is 55.5 Å². The van der Waals surface area contributed by atoms with Gasteiger partial charge >= 0.3 is 0 Å². The van der Waals surface area contributed by atoms with Gasteiger partial charge in [0.25, 0.3) is 0 Å². The minimum atomic E-state index is 0.256. The summed E-state index contributed by atoms with van der Waals surface area (Å²) in [5, 5.41) is 8.31. The number of nitrogens with one attached hydrogen (secondary N) is 1. The smallest absolute Gasteiger partial charge is 0.241 e. The number of benzene rings is 1. The van der Waals surface area contributed by atoms with Crippen LogP contribution in [0.4, 0.5) is 0 Å². The Kier molecular flexibility index (Phi) is 4.22. The number of hydrogen-bond acceptors (Lipinski definition) is 3. The monoisotopic (exact) mass is 339 g/mol. The summed E-state index contributed by atoms with van der Waals surface area (Å²) in [4.78, 5) is 4.11. The normalized spacial score (nSPS) is 14.9. The molecule has 3 aromatic rings. The molecule has 5 heteroatoms. The molecule has 0 bridgehead atoms. The number of hydrogen-bond donors (Lipinski definition) is 1. The maximum absolute atomic E-state index is 6.20. The van der Waals surface area contributed by atoms with E-state index in [4.69, 9.17) is 16.3 Å². The van der Waals surface area contributed by atoms with Crippen molar-refractivity contribution < 1.29 is 4.74 Å². The number of halogens is 1. The van der Waals surface area contributed by atoms with E-state index in [2.05, 4.69) is 15.2 Å². The zero-order valence-electron chi connectivity index (χ0n) is 13.2. The van der Waals surface area contributed by atoms with Crippen LogP contribution in [-0.4, -0.2) is 21.3 Å². The lowest BCUT2D eigenvalue weighted by atomic mass is 10.0. The third kappa shape index (κ3) is 3.02. The van der Waals surface area contributed by atoms with Crippen LogP contribution in [0.5, 0.6) is 5.88 Å². The molecule has 1 aliphatic carbocycles. The Labute approximate surface area is 145 Å². The molecule has 122 valence electrons. The maximum atomic E-state index is 6.20. The van der Waals surface area contributed by atoms with Gasteiger partial charge < -0.3 is 4.74 Å². The van der Waals surface area contributed by atoms with Crippen molar-refractivity contribution >= 4 is 11.6 Å². The third-order valence-corrected chi connectivity index (χ3v) is 4.67. The molecule has 0 amide bonds. The highest BCUT2D eigenvalue weighted by Crippen LogP contribution is 2.39. The highest BCUT2D eigenvalue weighted by molar-refractivity contribution is 6.30. The molecule has 0 radical (unpaired) electrons. The second kappa shape index (κ2) is 6.65. The van der Waals surface area contributed by atoms with Crippen LogP contribution < -0.4 is 4.74 Å². The second-order valence-electron chi connectivity index (χ2n) is 6.05. The summed E-state index contributed by atoms with van der Waals surface area (Å²) >= 11 is 6.02. The molecule has 0 spiro atoms. The van der Waals surface area contributed by atoms with Gasteiger partial charge in [-0.1, -0.05) is 23.7 Å². The number of aromatic nitrogens is 3. The van der Waals surface area contributed by atoms with Crippen LogP contribution >= 0.6 is 11.6 Å². The first-order valence-electron chi connectivity index (χ1n) is 8.22. The van der Waals surface area contributed by atoms with E-state index < -0.39 is 0 Å². The fraction of sp³-hybridized carbons (Fsp3) is 0.263. The summed E-state index contributed by atoms with van der Waals surface area (Å²) in [5.41, 5.74) is 3.98. The van der Waals surface area contributed by atoms with Crippen molar-refractivity contribution in [2.45, 2.75) is 31.8 Å². The molecule has 1 aromatic carbocycles. The molecule has 4 rings (SSSR count). The second-order valence-corrected chi connectivity index (χ2v) is 6.48. The average Bonchev–Trinajstić information content (AvgIpc) is 3.27. The van der Waals surface area contributed by atoms with Crippen LogP contribution in [0.1, 0.15) is 25.7 Å². The highest BCUT2D eigenvalue weighted by Gasteiger charge is 2.23. The van der Waals surface area contributed by atoms with Crippen LogP contribution in [0.2, 0.25) is 5.02 Å². The van der Waals surface area contributed by atoms with E-state index in [1.807, 2.05) is 36.4 Å². The van der Waals surface area contributed by atoms with E-state index in [9.17, 15) is 0 Å². The zero-order chi connectivity index (χ0) is 16.4. The largest absolute Gasteiger partial charge is 0.473 e.